The molecule has 0 saturated carbocycles. The lowest BCUT2D eigenvalue weighted by Gasteiger charge is -2.32. The monoisotopic (exact) mass is 286 g/mol. The standard InChI is InChI=1S/C15H18N4O2/c1-10-17-18-15(21-10)7-14(20)16-13-9-19(2)8-11-5-3-4-6-12(11)13/h3-6,13H,7-9H2,1-2H3,(H,16,20). The van der Waals surface area contributed by atoms with Crippen molar-refractivity contribution in [1.82, 2.24) is 20.4 Å². The van der Waals surface area contributed by atoms with Gasteiger partial charge in [0.25, 0.3) is 0 Å². The first-order valence-corrected chi connectivity index (χ1v) is 6.96. The average Bonchev–Trinajstić information content (AvgIpc) is 2.83. The minimum absolute atomic E-state index is 0.00327. The molecule has 1 aromatic heterocycles. The maximum absolute atomic E-state index is 12.1. The van der Waals surface area contributed by atoms with Crippen molar-refractivity contribution in [3.05, 3.63) is 47.2 Å². The van der Waals surface area contributed by atoms with Gasteiger partial charge >= 0.3 is 0 Å². The molecular weight excluding hydrogens is 268 g/mol. The Morgan fingerprint density at radius 1 is 1.43 bits per heavy atom. The molecule has 1 aliphatic heterocycles. The lowest BCUT2D eigenvalue weighted by atomic mass is 9.95. The van der Waals surface area contributed by atoms with E-state index in [1.54, 1.807) is 6.92 Å². The zero-order chi connectivity index (χ0) is 14.8. The van der Waals surface area contributed by atoms with Gasteiger partial charge in [0, 0.05) is 20.0 Å². The largest absolute Gasteiger partial charge is 0.425 e. The van der Waals surface area contributed by atoms with Gasteiger partial charge in [-0.1, -0.05) is 24.3 Å². The quantitative estimate of drug-likeness (QED) is 0.918. The fourth-order valence-electron chi connectivity index (χ4n) is 2.70. The second-order valence-electron chi connectivity index (χ2n) is 5.41. The van der Waals surface area contributed by atoms with E-state index in [1.807, 2.05) is 12.1 Å². The van der Waals surface area contributed by atoms with Gasteiger partial charge in [-0.15, -0.1) is 10.2 Å². The summed E-state index contributed by atoms with van der Waals surface area (Å²) in [4.78, 5) is 14.3. The SMILES string of the molecule is Cc1nnc(CC(=O)NC2CN(C)Cc3ccccc32)o1. The highest BCUT2D eigenvalue weighted by Crippen LogP contribution is 2.25. The number of nitrogens with zero attached hydrogens (tertiary/aromatic N) is 3. The van der Waals surface area contributed by atoms with Crippen LogP contribution in [0.25, 0.3) is 0 Å². The van der Waals surface area contributed by atoms with Gasteiger partial charge in [-0.3, -0.25) is 9.69 Å². The maximum Gasteiger partial charge on any atom is 0.229 e. The summed E-state index contributed by atoms with van der Waals surface area (Å²) in [6.45, 7) is 3.41. The first-order chi connectivity index (χ1) is 10.1. The van der Waals surface area contributed by atoms with E-state index in [9.17, 15) is 4.79 Å². The summed E-state index contributed by atoms with van der Waals surface area (Å²) in [5, 5.41) is 10.6. The van der Waals surface area contributed by atoms with Crippen LogP contribution in [0.1, 0.15) is 29.0 Å². The van der Waals surface area contributed by atoms with E-state index in [2.05, 4.69) is 39.6 Å². The van der Waals surface area contributed by atoms with Crippen molar-refractivity contribution in [2.45, 2.75) is 25.9 Å². The number of rotatable bonds is 3. The molecule has 2 heterocycles. The van der Waals surface area contributed by atoms with E-state index in [1.165, 1.54) is 11.1 Å². The molecule has 2 aromatic rings. The zero-order valence-corrected chi connectivity index (χ0v) is 12.2. The van der Waals surface area contributed by atoms with Crippen LogP contribution >= 0.6 is 0 Å². The molecule has 6 nitrogen and oxygen atoms in total. The number of hydrogen-bond donors (Lipinski definition) is 1. The Balaban J connectivity index is 1.71. The Morgan fingerprint density at radius 3 is 3.00 bits per heavy atom. The molecule has 1 N–H and O–H groups in total. The second kappa shape index (κ2) is 5.65. The number of fused-ring (bicyclic) bond motifs is 1. The van der Waals surface area contributed by atoms with Crippen molar-refractivity contribution in [2.75, 3.05) is 13.6 Å². The molecule has 0 aliphatic carbocycles. The number of likely N-dealkylation sites (N-methyl/N-ethyl adjacent to an activating group) is 1. The molecule has 1 atom stereocenters. The number of aryl methyl sites for hydroxylation is 1. The Morgan fingerprint density at radius 2 is 2.24 bits per heavy atom. The smallest absolute Gasteiger partial charge is 0.229 e. The Hall–Kier alpha value is -2.21. The van der Waals surface area contributed by atoms with Crippen LogP contribution in [-0.4, -0.2) is 34.6 Å². The summed E-state index contributed by atoms with van der Waals surface area (Å²) >= 11 is 0. The van der Waals surface area contributed by atoms with E-state index in [0.717, 1.165) is 13.1 Å². The summed E-state index contributed by atoms with van der Waals surface area (Å²) < 4.78 is 5.24. The van der Waals surface area contributed by atoms with Crippen LogP contribution in [-0.2, 0) is 17.8 Å². The van der Waals surface area contributed by atoms with Crippen LogP contribution < -0.4 is 5.32 Å². The lowest BCUT2D eigenvalue weighted by Crippen LogP contribution is -2.40. The summed E-state index contributed by atoms with van der Waals surface area (Å²) in [7, 11) is 2.05. The molecule has 0 radical (unpaired) electrons. The van der Waals surface area contributed by atoms with Crippen LogP contribution in [0.3, 0.4) is 0 Å². The molecule has 1 amide bonds. The summed E-state index contributed by atoms with van der Waals surface area (Å²) in [6, 6.07) is 8.20. The van der Waals surface area contributed by atoms with Gasteiger partial charge in [-0.25, -0.2) is 0 Å². The summed E-state index contributed by atoms with van der Waals surface area (Å²) in [5.41, 5.74) is 2.44. The normalized spacial score (nSPS) is 18.3. The molecule has 0 spiro atoms. The Labute approximate surface area is 123 Å². The van der Waals surface area contributed by atoms with Gasteiger partial charge in [-0.05, 0) is 18.2 Å². The summed E-state index contributed by atoms with van der Waals surface area (Å²) in [5.74, 6) is 0.719. The first kappa shape index (κ1) is 13.8. The molecule has 0 bridgehead atoms. The molecule has 1 aliphatic rings. The fourth-order valence-corrected chi connectivity index (χ4v) is 2.70. The van der Waals surface area contributed by atoms with Crippen molar-refractivity contribution >= 4 is 5.91 Å². The molecule has 1 unspecified atom stereocenters. The van der Waals surface area contributed by atoms with E-state index in [0.29, 0.717) is 11.8 Å². The number of carbonyl (C=O) groups excluding carboxylic acids is 1. The Bertz CT molecular complexity index is 653. The van der Waals surface area contributed by atoms with Crippen LogP contribution in [0.5, 0.6) is 0 Å². The first-order valence-electron chi connectivity index (χ1n) is 6.96. The molecule has 3 rings (SSSR count). The van der Waals surface area contributed by atoms with Gasteiger partial charge in [0.2, 0.25) is 17.7 Å². The number of carbonyl (C=O) groups is 1. The fraction of sp³-hybridized carbons (Fsp3) is 0.400. The number of aromatic nitrogens is 2. The highest BCUT2D eigenvalue weighted by Gasteiger charge is 2.24. The highest BCUT2D eigenvalue weighted by atomic mass is 16.4. The Kier molecular flexibility index (Phi) is 3.70. The van der Waals surface area contributed by atoms with E-state index >= 15 is 0 Å². The topological polar surface area (TPSA) is 71.3 Å². The van der Waals surface area contributed by atoms with Gasteiger partial charge < -0.3 is 9.73 Å². The number of hydrogen-bond acceptors (Lipinski definition) is 5. The van der Waals surface area contributed by atoms with Crippen LogP contribution in [0.15, 0.2) is 28.7 Å². The molecular formula is C15H18N4O2. The third-order valence-electron chi connectivity index (χ3n) is 3.58. The van der Waals surface area contributed by atoms with Gasteiger partial charge in [0.1, 0.15) is 6.42 Å². The van der Waals surface area contributed by atoms with E-state index < -0.39 is 0 Å². The highest BCUT2D eigenvalue weighted by molar-refractivity contribution is 5.78. The van der Waals surface area contributed by atoms with Crippen LogP contribution in [0.2, 0.25) is 0 Å². The minimum atomic E-state index is -0.103. The molecule has 0 fully saturated rings. The van der Waals surface area contributed by atoms with E-state index in [-0.39, 0.29) is 18.4 Å². The zero-order valence-electron chi connectivity index (χ0n) is 12.2. The summed E-state index contributed by atoms with van der Waals surface area (Å²) in [6.07, 6.45) is 0.114. The number of benzene rings is 1. The maximum atomic E-state index is 12.1. The lowest BCUT2D eigenvalue weighted by molar-refractivity contribution is -0.121. The van der Waals surface area contributed by atoms with Gasteiger partial charge in [0.15, 0.2) is 0 Å². The predicted molar refractivity (Wildman–Crippen MR) is 76.4 cm³/mol. The molecule has 21 heavy (non-hydrogen) atoms. The third kappa shape index (κ3) is 3.11. The minimum Gasteiger partial charge on any atom is -0.425 e. The van der Waals surface area contributed by atoms with Crippen molar-refractivity contribution in [3.8, 4) is 0 Å². The van der Waals surface area contributed by atoms with Crippen molar-refractivity contribution in [1.29, 1.82) is 0 Å². The van der Waals surface area contributed by atoms with Crippen molar-refractivity contribution in [3.63, 3.8) is 0 Å². The van der Waals surface area contributed by atoms with Crippen LogP contribution in [0, 0.1) is 6.92 Å². The predicted octanol–water partition coefficient (Wildman–Crippen LogP) is 1.22. The number of nitrogens with one attached hydrogen (secondary N) is 1. The molecule has 1 aromatic carbocycles. The third-order valence-corrected chi connectivity index (χ3v) is 3.58. The van der Waals surface area contributed by atoms with Crippen LogP contribution in [0.4, 0.5) is 0 Å². The molecule has 0 saturated heterocycles. The average molecular weight is 286 g/mol. The van der Waals surface area contributed by atoms with Crippen molar-refractivity contribution in [2.24, 2.45) is 0 Å². The molecule has 6 heteroatoms. The number of amides is 1. The second-order valence-corrected chi connectivity index (χ2v) is 5.41. The van der Waals surface area contributed by atoms with Gasteiger partial charge in [0.05, 0.1) is 6.04 Å². The van der Waals surface area contributed by atoms with Gasteiger partial charge in [-0.2, -0.15) is 0 Å². The van der Waals surface area contributed by atoms with Crippen molar-refractivity contribution < 1.29 is 9.21 Å². The van der Waals surface area contributed by atoms with E-state index in [4.69, 9.17) is 4.42 Å². The molecule has 110 valence electrons.